The molecule has 1 aromatic carbocycles. The number of pyridine rings is 1. The molecule has 1 amide bonds. The van der Waals surface area contributed by atoms with Crippen molar-refractivity contribution in [1.82, 2.24) is 4.98 Å². The number of carbonyl (C=O) groups is 1. The van der Waals surface area contributed by atoms with Crippen molar-refractivity contribution in [3.63, 3.8) is 0 Å². The Bertz CT molecular complexity index is 851. The fourth-order valence-corrected chi connectivity index (χ4v) is 3.93. The van der Waals surface area contributed by atoms with Crippen molar-refractivity contribution < 1.29 is 4.79 Å². The molecule has 24 heavy (non-hydrogen) atoms. The second-order valence-corrected chi connectivity index (χ2v) is 6.83. The Kier molecular flexibility index (Phi) is 3.97. The Morgan fingerprint density at radius 2 is 1.71 bits per heavy atom. The maximum atomic E-state index is 12.7. The van der Waals surface area contributed by atoms with E-state index in [9.17, 15) is 9.59 Å². The van der Waals surface area contributed by atoms with Gasteiger partial charge in [-0.3, -0.25) is 9.59 Å². The zero-order valence-corrected chi connectivity index (χ0v) is 13.8. The van der Waals surface area contributed by atoms with Crippen LogP contribution in [0.4, 0.5) is 5.69 Å². The number of aromatic nitrogens is 1. The summed E-state index contributed by atoms with van der Waals surface area (Å²) in [6.45, 7) is 0. The van der Waals surface area contributed by atoms with Gasteiger partial charge in [-0.2, -0.15) is 0 Å². The van der Waals surface area contributed by atoms with E-state index in [0.29, 0.717) is 0 Å². The van der Waals surface area contributed by atoms with E-state index in [2.05, 4.69) is 16.4 Å². The van der Waals surface area contributed by atoms with Gasteiger partial charge in [0, 0.05) is 11.4 Å². The number of hydrogen-bond donors (Lipinski definition) is 2. The third kappa shape index (κ3) is 2.77. The molecule has 0 saturated heterocycles. The molecule has 2 aromatic rings. The average Bonchev–Trinajstić information content (AvgIpc) is 2.61. The lowest BCUT2D eigenvalue weighted by molar-refractivity contribution is 0.102. The Hall–Kier alpha value is -2.36. The Morgan fingerprint density at radius 3 is 2.58 bits per heavy atom. The largest absolute Gasteiger partial charge is 0.325 e. The predicted molar refractivity (Wildman–Crippen MR) is 94.7 cm³/mol. The van der Waals surface area contributed by atoms with Crippen LogP contribution in [0.1, 0.15) is 58.4 Å². The van der Waals surface area contributed by atoms with Gasteiger partial charge in [0.25, 0.3) is 11.5 Å². The van der Waals surface area contributed by atoms with Crippen molar-refractivity contribution in [3.05, 3.63) is 62.6 Å². The number of rotatable bonds is 2. The summed E-state index contributed by atoms with van der Waals surface area (Å²) in [5, 5.41) is 2.98. The van der Waals surface area contributed by atoms with E-state index in [-0.39, 0.29) is 17.0 Å². The normalized spacial score (nSPS) is 16.2. The van der Waals surface area contributed by atoms with Crippen LogP contribution in [0.3, 0.4) is 0 Å². The number of H-pyrrole nitrogens is 1. The molecule has 0 bridgehead atoms. The fourth-order valence-electron chi connectivity index (χ4n) is 3.93. The van der Waals surface area contributed by atoms with E-state index in [1.807, 2.05) is 12.1 Å². The lowest BCUT2D eigenvalue weighted by atomic mass is 9.90. The van der Waals surface area contributed by atoms with Crippen LogP contribution >= 0.6 is 0 Å². The fraction of sp³-hybridized carbons (Fsp3) is 0.400. The standard InChI is InChI=1S/C20H22N2O2/c23-19-16(12-14-7-2-4-10-17(14)21-19)20(24)22-18-11-5-8-13-6-1-3-9-15(13)18/h5,8,11-12H,1-4,6-7,9-10H2,(H,21,23)(H,22,24). The molecule has 0 saturated carbocycles. The Labute approximate surface area is 141 Å². The minimum atomic E-state index is -0.302. The highest BCUT2D eigenvalue weighted by molar-refractivity contribution is 6.04. The third-order valence-electron chi connectivity index (χ3n) is 5.23. The van der Waals surface area contributed by atoms with E-state index in [4.69, 9.17) is 0 Å². The van der Waals surface area contributed by atoms with Crippen LogP contribution in [0.2, 0.25) is 0 Å². The number of hydrogen-bond acceptors (Lipinski definition) is 2. The van der Waals surface area contributed by atoms with Crippen LogP contribution < -0.4 is 10.9 Å². The zero-order chi connectivity index (χ0) is 16.5. The first kappa shape index (κ1) is 15.2. The lowest BCUT2D eigenvalue weighted by Gasteiger charge is -2.20. The van der Waals surface area contributed by atoms with Crippen molar-refractivity contribution in [3.8, 4) is 0 Å². The summed E-state index contributed by atoms with van der Waals surface area (Å²) >= 11 is 0. The van der Waals surface area contributed by atoms with Crippen molar-refractivity contribution in [1.29, 1.82) is 0 Å². The first-order valence-electron chi connectivity index (χ1n) is 8.89. The number of amides is 1. The minimum absolute atomic E-state index is 0.226. The molecule has 0 atom stereocenters. The molecular formula is C20H22N2O2. The van der Waals surface area contributed by atoms with Gasteiger partial charge in [-0.15, -0.1) is 0 Å². The summed E-state index contributed by atoms with van der Waals surface area (Å²) in [5.41, 5.74) is 5.46. The number of aryl methyl sites for hydroxylation is 3. The molecular weight excluding hydrogens is 300 g/mol. The molecule has 124 valence electrons. The van der Waals surface area contributed by atoms with E-state index in [0.717, 1.165) is 61.9 Å². The SMILES string of the molecule is O=C(Nc1cccc2c1CCCC2)c1cc2c([nH]c1=O)CCCC2. The van der Waals surface area contributed by atoms with Crippen LogP contribution in [-0.2, 0) is 25.7 Å². The van der Waals surface area contributed by atoms with E-state index in [1.54, 1.807) is 6.07 Å². The zero-order valence-electron chi connectivity index (χ0n) is 13.8. The molecule has 2 aliphatic rings. The monoisotopic (exact) mass is 322 g/mol. The first-order chi connectivity index (χ1) is 11.7. The van der Waals surface area contributed by atoms with E-state index in [1.165, 1.54) is 17.5 Å². The molecule has 2 aliphatic carbocycles. The average molecular weight is 322 g/mol. The molecule has 2 N–H and O–H groups in total. The van der Waals surface area contributed by atoms with E-state index >= 15 is 0 Å². The number of carbonyl (C=O) groups excluding carboxylic acids is 1. The maximum Gasteiger partial charge on any atom is 0.261 e. The second-order valence-electron chi connectivity index (χ2n) is 6.83. The predicted octanol–water partition coefficient (Wildman–Crippen LogP) is 3.38. The number of benzene rings is 1. The van der Waals surface area contributed by atoms with Gasteiger partial charge in [0.05, 0.1) is 0 Å². The van der Waals surface area contributed by atoms with Crippen LogP contribution in [0.5, 0.6) is 0 Å². The van der Waals surface area contributed by atoms with Crippen molar-refractivity contribution in [2.24, 2.45) is 0 Å². The number of nitrogens with one attached hydrogen (secondary N) is 2. The molecule has 4 nitrogen and oxygen atoms in total. The summed E-state index contributed by atoms with van der Waals surface area (Å²) in [6, 6.07) is 7.85. The molecule has 4 rings (SSSR count). The minimum Gasteiger partial charge on any atom is -0.325 e. The van der Waals surface area contributed by atoms with Crippen LogP contribution in [0.15, 0.2) is 29.1 Å². The number of aromatic amines is 1. The smallest absolute Gasteiger partial charge is 0.261 e. The molecule has 1 aromatic heterocycles. The van der Waals surface area contributed by atoms with Crippen LogP contribution in [-0.4, -0.2) is 10.9 Å². The first-order valence-corrected chi connectivity index (χ1v) is 8.89. The number of fused-ring (bicyclic) bond motifs is 2. The lowest BCUT2D eigenvalue weighted by Crippen LogP contribution is -2.26. The molecule has 0 aliphatic heterocycles. The highest BCUT2D eigenvalue weighted by Gasteiger charge is 2.19. The molecule has 0 unspecified atom stereocenters. The highest BCUT2D eigenvalue weighted by atomic mass is 16.2. The molecule has 0 fully saturated rings. The third-order valence-corrected chi connectivity index (χ3v) is 5.23. The summed E-state index contributed by atoms with van der Waals surface area (Å²) in [4.78, 5) is 27.9. The van der Waals surface area contributed by atoms with E-state index < -0.39 is 0 Å². The van der Waals surface area contributed by atoms with Gasteiger partial charge in [-0.1, -0.05) is 12.1 Å². The maximum absolute atomic E-state index is 12.7. The van der Waals surface area contributed by atoms with Gasteiger partial charge in [0.15, 0.2) is 0 Å². The van der Waals surface area contributed by atoms with Gasteiger partial charge in [0.1, 0.15) is 5.56 Å². The Balaban J connectivity index is 1.65. The molecule has 0 spiro atoms. The highest BCUT2D eigenvalue weighted by Crippen LogP contribution is 2.28. The van der Waals surface area contributed by atoms with Crippen molar-refractivity contribution in [2.45, 2.75) is 51.4 Å². The molecule has 1 heterocycles. The Morgan fingerprint density at radius 1 is 0.958 bits per heavy atom. The van der Waals surface area contributed by atoms with Crippen LogP contribution in [0, 0.1) is 0 Å². The topological polar surface area (TPSA) is 62.0 Å². The van der Waals surface area contributed by atoms with Crippen molar-refractivity contribution in [2.75, 3.05) is 5.32 Å². The van der Waals surface area contributed by atoms with Gasteiger partial charge < -0.3 is 10.3 Å². The van der Waals surface area contributed by atoms with Gasteiger partial charge >= 0.3 is 0 Å². The summed E-state index contributed by atoms with van der Waals surface area (Å²) in [5.74, 6) is -0.302. The summed E-state index contributed by atoms with van der Waals surface area (Å²) < 4.78 is 0. The summed E-state index contributed by atoms with van der Waals surface area (Å²) in [6.07, 6.45) is 8.47. The van der Waals surface area contributed by atoms with Gasteiger partial charge in [-0.25, -0.2) is 0 Å². The van der Waals surface area contributed by atoms with Crippen molar-refractivity contribution >= 4 is 11.6 Å². The molecule has 0 radical (unpaired) electrons. The van der Waals surface area contributed by atoms with Gasteiger partial charge in [0.2, 0.25) is 0 Å². The summed E-state index contributed by atoms with van der Waals surface area (Å²) in [7, 11) is 0. The van der Waals surface area contributed by atoms with Crippen LogP contribution in [0.25, 0.3) is 0 Å². The quantitative estimate of drug-likeness (QED) is 0.890. The second kappa shape index (κ2) is 6.27. The number of anilines is 1. The molecule has 4 heteroatoms. The van der Waals surface area contributed by atoms with Gasteiger partial charge in [-0.05, 0) is 80.2 Å².